The summed E-state index contributed by atoms with van der Waals surface area (Å²) in [5, 5.41) is 3.43. The van der Waals surface area contributed by atoms with Gasteiger partial charge in [-0.3, -0.25) is 9.59 Å². The van der Waals surface area contributed by atoms with E-state index in [1.165, 1.54) is 25.6 Å². The lowest BCUT2D eigenvalue weighted by molar-refractivity contribution is -0.119. The van der Waals surface area contributed by atoms with Crippen LogP contribution < -0.4 is 10.1 Å². The van der Waals surface area contributed by atoms with Crippen LogP contribution in [0.1, 0.15) is 41.7 Å². The SMILES string of the molecule is COc1ccc(Cl)cc1C(=O)N1CCCC1C(=O)Nc1ccc(-c2ncc3n2CCCC3)cc1. The second-order valence-corrected chi connectivity index (χ2v) is 9.19. The minimum Gasteiger partial charge on any atom is -0.496 e. The average molecular weight is 479 g/mol. The molecule has 0 bridgehead atoms. The number of amides is 2. The topological polar surface area (TPSA) is 76.5 Å². The van der Waals surface area contributed by atoms with Crippen molar-refractivity contribution in [1.29, 1.82) is 0 Å². The van der Waals surface area contributed by atoms with Crippen molar-refractivity contribution in [3.05, 3.63) is 64.9 Å². The number of nitrogens with one attached hydrogen (secondary N) is 1. The molecule has 176 valence electrons. The fourth-order valence-electron chi connectivity index (χ4n) is 4.88. The zero-order chi connectivity index (χ0) is 23.7. The second-order valence-electron chi connectivity index (χ2n) is 8.75. The molecule has 2 aromatic carbocycles. The summed E-state index contributed by atoms with van der Waals surface area (Å²) in [5.41, 5.74) is 3.36. The van der Waals surface area contributed by atoms with Gasteiger partial charge in [0.05, 0.1) is 12.7 Å². The van der Waals surface area contributed by atoms with Gasteiger partial charge in [-0.1, -0.05) is 11.6 Å². The summed E-state index contributed by atoms with van der Waals surface area (Å²) >= 11 is 6.11. The number of anilines is 1. The molecule has 2 amide bonds. The Morgan fingerprint density at radius 1 is 1.09 bits per heavy atom. The molecule has 1 aromatic heterocycles. The Balaban J connectivity index is 1.30. The second kappa shape index (κ2) is 9.50. The first-order chi connectivity index (χ1) is 16.5. The van der Waals surface area contributed by atoms with Crippen molar-refractivity contribution < 1.29 is 14.3 Å². The van der Waals surface area contributed by atoms with Gasteiger partial charge in [0.15, 0.2) is 0 Å². The van der Waals surface area contributed by atoms with Gasteiger partial charge in [0.2, 0.25) is 5.91 Å². The number of methoxy groups -OCH3 is 1. The number of carbonyl (C=O) groups is 2. The van der Waals surface area contributed by atoms with E-state index < -0.39 is 6.04 Å². The number of aromatic nitrogens is 2. The summed E-state index contributed by atoms with van der Waals surface area (Å²) < 4.78 is 7.62. The molecule has 7 nitrogen and oxygen atoms in total. The molecule has 1 N–H and O–H groups in total. The summed E-state index contributed by atoms with van der Waals surface area (Å²) in [6.07, 6.45) is 6.78. The van der Waals surface area contributed by atoms with Crippen LogP contribution in [0, 0.1) is 0 Å². The number of aryl methyl sites for hydroxylation is 1. The molecule has 1 fully saturated rings. The fraction of sp³-hybridized carbons (Fsp3) is 0.346. The highest BCUT2D eigenvalue weighted by atomic mass is 35.5. The maximum Gasteiger partial charge on any atom is 0.258 e. The summed E-state index contributed by atoms with van der Waals surface area (Å²) in [4.78, 5) is 32.6. The Morgan fingerprint density at radius 2 is 1.91 bits per heavy atom. The van der Waals surface area contributed by atoms with Gasteiger partial charge in [0.1, 0.15) is 17.6 Å². The van der Waals surface area contributed by atoms with Crippen molar-refractivity contribution >= 4 is 29.1 Å². The molecule has 0 saturated carbocycles. The molecule has 34 heavy (non-hydrogen) atoms. The molecule has 0 spiro atoms. The maximum atomic E-state index is 13.2. The van der Waals surface area contributed by atoms with E-state index in [2.05, 4.69) is 14.9 Å². The van der Waals surface area contributed by atoms with Crippen molar-refractivity contribution in [1.82, 2.24) is 14.5 Å². The predicted octanol–water partition coefficient (Wildman–Crippen LogP) is 4.79. The van der Waals surface area contributed by atoms with E-state index >= 15 is 0 Å². The Bertz CT molecular complexity index is 1220. The highest BCUT2D eigenvalue weighted by Gasteiger charge is 2.35. The Hall–Kier alpha value is -3.32. The van der Waals surface area contributed by atoms with E-state index in [0.717, 1.165) is 30.8 Å². The quantitative estimate of drug-likeness (QED) is 0.572. The van der Waals surface area contributed by atoms with Gasteiger partial charge in [-0.25, -0.2) is 4.98 Å². The van der Waals surface area contributed by atoms with Crippen LogP contribution in [-0.4, -0.2) is 46.0 Å². The number of carbonyl (C=O) groups excluding carboxylic acids is 2. The lowest BCUT2D eigenvalue weighted by Gasteiger charge is -2.25. The predicted molar refractivity (Wildman–Crippen MR) is 131 cm³/mol. The first-order valence-corrected chi connectivity index (χ1v) is 12.0. The monoisotopic (exact) mass is 478 g/mol. The average Bonchev–Trinajstić information content (AvgIpc) is 3.52. The minimum atomic E-state index is -0.546. The molecule has 1 atom stereocenters. The molecule has 5 rings (SSSR count). The van der Waals surface area contributed by atoms with Crippen LogP contribution in [0.25, 0.3) is 11.4 Å². The van der Waals surface area contributed by atoms with Gasteiger partial charge in [0.25, 0.3) is 5.91 Å². The number of benzene rings is 2. The number of hydrogen-bond donors (Lipinski definition) is 1. The van der Waals surface area contributed by atoms with E-state index in [9.17, 15) is 9.59 Å². The highest BCUT2D eigenvalue weighted by molar-refractivity contribution is 6.31. The standard InChI is InChI=1S/C26H27ClN4O3/c1-34-23-12-9-18(27)15-21(23)26(33)31-14-4-6-22(31)25(32)29-19-10-7-17(8-11-19)24-28-16-20-5-2-3-13-30(20)24/h7-12,15-16,22H,2-6,13-14H2,1H3,(H,29,32). The molecule has 2 aliphatic heterocycles. The maximum absolute atomic E-state index is 13.2. The lowest BCUT2D eigenvalue weighted by atomic mass is 10.1. The molecule has 0 radical (unpaired) electrons. The smallest absolute Gasteiger partial charge is 0.258 e. The number of ether oxygens (including phenoxy) is 1. The van der Waals surface area contributed by atoms with Gasteiger partial charge >= 0.3 is 0 Å². The van der Waals surface area contributed by atoms with Gasteiger partial charge in [-0.05, 0) is 74.6 Å². The molecule has 2 aliphatic rings. The number of likely N-dealkylation sites (tertiary alicyclic amines) is 1. The number of hydrogen-bond acceptors (Lipinski definition) is 4. The summed E-state index contributed by atoms with van der Waals surface area (Å²) in [7, 11) is 1.51. The third-order valence-electron chi connectivity index (χ3n) is 6.62. The zero-order valence-corrected chi connectivity index (χ0v) is 19.8. The first kappa shape index (κ1) is 22.5. The van der Waals surface area contributed by atoms with Crippen LogP contribution in [-0.2, 0) is 17.8 Å². The van der Waals surface area contributed by atoms with Crippen LogP contribution in [0.15, 0.2) is 48.7 Å². The number of halogens is 1. The molecule has 3 heterocycles. The molecular formula is C26H27ClN4O3. The number of nitrogens with zero attached hydrogens (tertiary/aromatic N) is 3. The van der Waals surface area contributed by atoms with Crippen LogP contribution in [0.4, 0.5) is 5.69 Å². The van der Waals surface area contributed by atoms with Gasteiger partial charge < -0.3 is 19.5 Å². The van der Waals surface area contributed by atoms with E-state index in [1.54, 1.807) is 23.1 Å². The van der Waals surface area contributed by atoms with Crippen molar-refractivity contribution in [2.45, 2.75) is 44.7 Å². The number of fused-ring (bicyclic) bond motifs is 1. The highest BCUT2D eigenvalue weighted by Crippen LogP contribution is 2.29. The van der Waals surface area contributed by atoms with Crippen molar-refractivity contribution in [2.24, 2.45) is 0 Å². The van der Waals surface area contributed by atoms with Crippen LogP contribution in [0.3, 0.4) is 0 Å². The van der Waals surface area contributed by atoms with Crippen LogP contribution in [0.5, 0.6) is 5.75 Å². The van der Waals surface area contributed by atoms with Gasteiger partial charge in [-0.2, -0.15) is 0 Å². The zero-order valence-electron chi connectivity index (χ0n) is 19.1. The molecule has 3 aromatic rings. The molecule has 8 heteroatoms. The third kappa shape index (κ3) is 4.28. The lowest BCUT2D eigenvalue weighted by Crippen LogP contribution is -2.43. The first-order valence-electron chi connectivity index (χ1n) is 11.7. The van der Waals surface area contributed by atoms with E-state index in [1.807, 2.05) is 30.5 Å². The third-order valence-corrected chi connectivity index (χ3v) is 6.86. The minimum absolute atomic E-state index is 0.196. The Morgan fingerprint density at radius 3 is 2.71 bits per heavy atom. The largest absolute Gasteiger partial charge is 0.496 e. The number of imidazole rings is 1. The Kier molecular flexibility index (Phi) is 6.28. The normalized spacial score (nSPS) is 17.4. The fourth-order valence-corrected chi connectivity index (χ4v) is 5.05. The molecular weight excluding hydrogens is 452 g/mol. The van der Waals surface area contributed by atoms with E-state index in [-0.39, 0.29) is 11.8 Å². The molecule has 0 aliphatic carbocycles. The molecule has 1 unspecified atom stereocenters. The summed E-state index contributed by atoms with van der Waals surface area (Å²) in [6, 6.07) is 12.1. The Labute approximate surface area is 203 Å². The molecule has 1 saturated heterocycles. The van der Waals surface area contributed by atoms with Gasteiger partial charge in [0, 0.05) is 41.3 Å². The van der Waals surface area contributed by atoms with Crippen molar-refractivity contribution in [3.8, 4) is 17.1 Å². The van der Waals surface area contributed by atoms with Crippen molar-refractivity contribution in [2.75, 3.05) is 19.0 Å². The van der Waals surface area contributed by atoms with Crippen LogP contribution >= 0.6 is 11.6 Å². The van der Waals surface area contributed by atoms with Gasteiger partial charge in [-0.15, -0.1) is 0 Å². The van der Waals surface area contributed by atoms with E-state index in [0.29, 0.717) is 35.0 Å². The summed E-state index contributed by atoms with van der Waals surface area (Å²) in [6.45, 7) is 1.50. The van der Waals surface area contributed by atoms with Crippen LogP contribution in [0.2, 0.25) is 5.02 Å². The summed E-state index contributed by atoms with van der Waals surface area (Å²) in [5.74, 6) is 0.960. The number of rotatable bonds is 5. The van der Waals surface area contributed by atoms with Crippen molar-refractivity contribution in [3.63, 3.8) is 0 Å². The van der Waals surface area contributed by atoms with E-state index in [4.69, 9.17) is 16.3 Å².